The monoisotopic (exact) mass is 395 g/mol. The summed E-state index contributed by atoms with van der Waals surface area (Å²) in [6.45, 7) is 0.0247. The average Bonchev–Trinajstić information content (AvgIpc) is 3.24. The van der Waals surface area contributed by atoms with E-state index in [1.54, 1.807) is 24.3 Å². The fraction of sp³-hybridized carbons (Fsp3) is 0.318. The van der Waals surface area contributed by atoms with E-state index in [4.69, 9.17) is 4.74 Å². The number of imide groups is 1. The molecule has 1 fully saturated rings. The second-order valence-electron chi connectivity index (χ2n) is 6.96. The zero-order chi connectivity index (χ0) is 20.5. The van der Waals surface area contributed by atoms with Gasteiger partial charge in [-0.25, -0.2) is 4.79 Å². The molecule has 1 saturated carbocycles. The molecule has 0 bridgehead atoms. The van der Waals surface area contributed by atoms with E-state index in [1.165, 1.54) is 0 Å². The molecule has 7 heteroatoms. The fourth-order valence-corrected chi connectivity index (χ4v) is 3.25. The second-order valence-corrected chi connectivity index (χ2v) is 6.96. The number of nitrogens with one attached hydrogen (secondary N) is 3. The highest BCUT2D eigenvalue weighted by Crippen LogP contribution is 2.18. The second kappa shape index (κ2) is 10.3. The standard InChI is InChI=1S/C22H25N3O4/c26-20(25-22(28)24-17-10-4-5-11-17)15-29-19-13-7-6-12-18(19)21(27)23-14-16-8-2-1-3-9-16/h1-3,6-9,12-13,17H,4-5,10-11,14-15H2,(H,23,27)(H2,24,25,26,28). The number of benzene rings is 2. The van der Waals surface area contributed by atoms with Gasteiger partial charge in [0.05, 0.1) is 5.56 Å². The van der Waals surface area contributed by atoms with Gasteiger partial charge in [0.2, 0.25) is 0 Å². The van der Waals surface area contributed by atoms with Crippen molar-refractivity contribution in [2.24, 2.45) is 0 Å². The zero-order valence-corrected chi connectivity index (χ0v) is 16.1. The van der Waals surface area contributed by atoms with Crippen molar-refractivity contribution < 1.29 is 19.1 Å². The molecule has 2 aromatic carbocycles. The topological polar surface area (TPSA) is 96.5 Å². The molecule has 4 amide bonds. The molecule has 0 spiro atoms. The number of para-hydroxylation sites is 1. The van der Waals surface area contributed by atoms with Gasteiger partial charge in [0, 0.05) is 12.6 Å². The van der Waals surface area contributed by atoms with Crippen LogP contribution in [0.25, 0.3) is 0 Å². The minimum Gasteiger partial charge on any atom is -0.483 e. The maximum atomic E-state index is 12.5. The summed E-state index contributed by atoms with van der Waals surface area (Å²) in [5.41, 5.74) is 1.30. The largest absolute Gasteiger partial charge is 0.483 e. The van der Waals surface area contributed by atoms with E-state index in [9.17, 15) is 14.4 Å². The predicted molar refractivity (Wildman–Crippen MR) is 108 cm³/mol. The van der Waals surface area contributed by atoms with Gasteiger partial charge >= 0.3 is 6.03 Å². The number of hydrogen-bond donors (Lipinski definition) is 3. The lowest BCUT2D eigenvalue weighted by molar-refractivity contribution is -0.122. The van der Waals surface area contributed by atoms with Crippen LogP contribution >= 0.6 is 0 Å². The third-order valence-electron chi connectivity index (χ3n) is 4.73. The normalized spacial score (nSPS) is 13.5. The number of urea groups is 1. The number of carbonyl (C=O) groups is 3. The van der Waals surface area contributed by atoms with Crippen molar-refractivity contribution in [3.63, 3.8) is 0 Å². The molecule has 0 heterocycles. The van der Waals surface area contributed by atoms with E-state index in [2.05, 4.69) is 16.0 Å². The first-order valence-corrected chi connectivity index (χ1v) is 9.76. The summed E-state index contributed by atoms with van der Waals surface area (Å²) in [7, 11) is 0. The highest BCUT2D eigenvalue weighted by molar-refractivity contribution is 5.97. The first-order valence-electron chi connectivity index (χ1n) is 9.76. The molecule has 0 aliphatic heterocycles. The minimum atomic E-state index is -0.569. The van der Waals surface area contributed by atoms with Crippen LogP contribution < -0.4 is 20.7 Å². The summed E-state index contributed by atoms with van der Waals surface area (Å²) in [5, 5.41) is 7.87. The molecular formula is C22H25N3O4. The Bertz CT molecular complexity index is 848. The van der Waals surface area contributed by atoms with E-state index in [0.717, 1.165) is 31.2 Å². The molecule has 0 aromatic heterocycles. The maximum Gasteiger partial charge on any atom is 0.321 e. The summed E-state index contributed by atoms with van der Waals surface area (Å²) in [4.78, 5) is 36.3. The lowest BCUT2D eigenvalue weighted by Crippen LogP contribution is -2.45. The van der Waals surface area contributed by atoms with Crippen LogP contribution in [0.4, 0.5) is 4.79 Å². The summed E-state index contributed by atoms with van der Waals surface area (Å²) < 4.78 is 5.49. The quantitative estimate of drug-likeness (QED) is 0.672. The summed E-state index contributed by atoms with van der Waals surface area (Å²) in [6, 6.07) is 15.8. The van der Waals surface area contributed by atoms with Crippen LogP contribution in [0.2, 0.25) is 0 Å². The molecule has 0 saturated heterocycles. The van der Waals surface area contributed by atoms with Crippen molar-refractivity contribution in [2.45, 2.75) is 38.3 Å². The van der Waals surface area contributed by atoms with Gasteiger partial charge in [0.1, 0.15) is 5.75 Å². The number of ether oxygens (including phenoxy) is 1. The Kier molecular flexibility index (Phi) is 7.22. The molecule has 152 valence electrons. The molecule has 29 heavy (non-hydrogen) atoms. The molecule has 2 aromatic rings. The van der Waals surface area contributed by atoms with Crippen molar-refractivity contribution in [3.05, 3.63) is 65.7 Å². The molecule has 3 N–H and O–H groups in total. The van der Waals surface area contributed by atoms with Crippen molar-refractivity contribution in [1.82, 2.24) is 16.0 Å². The van der Waals surface area contributed by atoms with Crippen LogP contribution in [-0.2, 0) is 11.3 Å². The van der Waals surface area contributed by atoms with E-state index in [-0.39, 0.29) is 24.3 Å². The van der Waals surface area contributed by atoms with Gasteiger partial charge in [-0.15, -0.1) is 0 Å². The number of amides is 4. The Morgan fingerprint density at radius 1 is 0.931 bits per heavy atom. The average molecular weight is 395 g/mol. The van der Waals surface area contributed by atoms with Gasteiger partial charge in [-0.1, -0.05) is 55.3 Å². The van der Waals surface area contributed by atoms with E-state index < -0.39 is 11.9 Å². The third kappa shape index (κ3) is 6.34. The first kappa shape index (κ1) is 20.4. The van der Waals surface area contributed by atoms with Gasteiger partial charge in [-0.3, -0.25) is 14.9 Å². The molecule has 3 rings (SSSR count). The van der Waals surface area contributed by atoms with Gasteiger partial charge in [-0.05, 0) is 30.5 Å². The first-order chi connectivity index (χ1) is 14.1. The molecule has 0 atom stereocenters. The van der Waals surface area contributed by atoms with Crippen molar-refractivity contribution in [1.29, 1.82) is 0 Å². The Labute approximate surface area is 169 Å². The maximum absolute atomic E-state index is 12.5. The highest BCUT2D eigenvalue weighted by Gasteiger charge is 2.19. The Morgan fingerprint density at radius 3 is 2.38 bits per heavy atom. The van der Waals surface area contributed by atoms with Crippen molar-refractivity contribution >= 4 is 17.8 Å². The Hall–Kier alpha value is -3.35. The van der Waals surface area contributed by atoms with Gasteiger partial charge in [-0.2, -0.15) is 0 Å². The van der Waals surface area contributed by atoms with Crippen LogP contribution in [0.3, 0.4) is 0 Å². The van der Waals surface area contributed by atoms with Crippen LogP contribution in [0.1, 0.15) is 41.6 Å². The van der Waals surface area contributed by atoms with Gasteiger partial charge in [0.15, 0.2) is 6.61 Å². The zero-order valence-electron chi connectivity index (χ0n) is 16.1. The molecule has 7 nitrogen and oxygen atoms in total. The Balaban J connectivity index is 1.49. The summed E-state index contributed by atoms with van der Waals surface area (Å²) in [5.74, 6) is -0.590. The number of carbonyl (C=O) groups excluding carboxylic acids is 3. The lowest BCUT2D eigenvalue weighted by Gasteiger charge is -2.13. The van der Waals surface area contributed by atoms with Crippen LogP contribution in [-0.4, -0.2) is 30.5 Å². The number of rotatable bonds is 7. The molecule has 1 aliphatic rings. The minimum absolute atomic E-state index is 0.123. The van der Waals surface area contributed by atoms with Crippen LogP contribution in [0, 0.1) is 0 Å². The summed E-state index contributed by atoms with van der Waals surface area (Å²) >= 11 is 0. The van der Waals surface area contributed by atoms with Crippen molar-refractivity contribution in [2.75, 3.05) is 6.61 Å². The van der Waals surface area contributed by atoms with Crippen LogP contribution in [0.15, 0.2) is 54.6 Å². The van der Waals surface area contributed by atoms with Crippen molar-refractivity contribution in [3.8, 4) is 5.75 Å². The van der Waals surface area contributed by atoms with E-state index in [0.29, 0.717) is 12.1 Å². The highest BCUT2D eigenvalue weighted by atomic mass is 16.5. The lowest BCUT2D eigenvalue weighted by atomic mass is 10.1. The molecule has 0 unspecified atom stereocenters. The third-order valence-corrected chi connectivity index (χ3v) is 4.73. The van der Waals surface area contributed by atoms with Gasteiger partial charge < -0.3 is 15.4 Å². The van der Waals surface area contributed by atoms with Gasteiger partial charge in [0.25, 0.3) is 11.8 Å². The summed E-state index contributed by atoms with van der Waals surface area (Å²) in [6.07, 6.45) is 4.05. The fourth-order valence-electron chi connectivity index (χ4n) is 3.25. The SMILES string of the molecule is O=C(COc1ccccc1C(=O)NCc1ccccc1)NC(=O)NC1CCCC1. The van der Waals surface area contributed by atoms with Crippen LogP contribution in [0.5, 0.6) is 5.75 Å². The smallest absolute Gasteiger partial charge is 0.321 e. The Morgan fingerprint density at radius 2 is 1.62 bits per heavy atom. The molecular weight excluding hydrogens is 370 g/mol. The number of hydrogen-bond acceptors (Lipinski definition) is 4. The van der Waals surface area contributed by atoms with E-state index >= 15 is 0 Å². The van der Waals surface area contributed by atoms with E-state index in [1.807, 2.05) is 30.3 Å². The molecule has 1 aliphatic carbocycles. The molecule has 0 radical (unpaired) electrons. The predicted octanol–water partition coefficient (Wildman–Crippen LogP) is 2.76.